The van der Waals surface area contributed by atoms with E-state index in [0.717, 1.165) is 6.61 Å². The molecule has 1 aliphatic heterocycles. The van der Waals surface area contributed by atoms with Gasteiger partial charge in [-0.1, -0.05) is 0 Å². The average molecular weight is 226 g/mol. The van der Waals surface area contributed by atoms with E-state index in [0.29, 0.717) is 0 Å². The molecule has 1 aliphatic rings. The summed E-state index contributed by atoms with van der Waals surface area (Å²) < 4.78 is 5.60. The Morgan fingerprint density at radius 1 is 1.50 bits per heavy atom. The summed E-state index contributed by atoms with van der Waals surface area (Å²) in [4.78, 5) is 0. The smallest absolute Gasteiger partial charge is 0.116 e. The largest absolute Gasteiger partial charge is 0.365 e. The number of halogens is 1. The molecule has 0 aromatic heterocycles. The normalized spacial score (nSPS) is 39.8. The zero-order chi connectivity index (χ0) is 6.04. The van der Waals surface area contributed by atoms with Crippen molar-refractivity contribution in [2.45, 2.75) is 29.8 Å². The number of rotatable bonds is 0. The summed E-state index contributed by atoms with van der Waals surface area (Å²) >= 11 is 2.37. The Bertz CT molecular complexity index is 72.6. The standard InChI is InChI=1S/C6H11IO/c1-6(7)4-2-3-5-8-6/h2-5H2,1H3/t6-/m1/s1. The summed E-state index contributed by atoms with van der Waals surface area (Å²) in [5.74, 6) is 0. The van der Waals surface area contributed by atoms with Crippen molar-refractivity contribution in [3.05, 3.63) is 0 Å². The van der Waals surface area contributed by atoms with Gasteiger partial charge in [0.05, 0.1) is 0 Å². The van der Waals surface area contributed by atoms with E-state index in [1.165, 1.54) is 19.3 Å². The zero-order valence-electron chi connectivity index (χ0n) is 5.11. The van der Waals surface area contributed by atoms with Crippen LogP contribution in [0.25, 0.3) is 0 Å². The lowest BCUT2D eigenvalue weighted by molar-refractivity contribution is 0.0154. The fraction of sp³-hybridized carbons (Fsp3) is 1.00. The molecule has 1 rings (SSSR count). The first-order valence-electron chi connectivity index (χ1n) is 3.04. The fourth-order valence-corrected chi connectivity index (χ4v) is 1.50. The highest BCUT2D eigenvalue weighted by molar-refractivity contribution is 14.1. The highest BCUT2D eigenvalue weighted by Gasteiger charge is 2.22. The highest BCUT2D eigenvalue weighted by Crippen LogP contribution is 2.30. The molecule has 8 heavy (non-hydrogen) atoms. The van der Waals surface area contributed by atoms with Crippen LogP contribution in [0, 0.1) is 0 Å². The third-order valence-electron chi connectivity index (χ3n) is 1.42. The van der Waals surface area contributed by atoms with Crippen molar-refractivity contribution < 1.29 is 4.74 Å². The Hall–Kier alpha value is 0.690. The molecule has 0 saturated carbocycles. The molecule has 1 saturated heterocycles. The van der Waals surface area contributed by atoms with E-state index >= 15 is 0 Å². The first-order valence-corrected chi connectivity index (χ1v) is 4.11. The molecular formula is C6H11IO. The zero-order valence-corrected chi connectivity index (χ0v) is 7.27. The lowest BCUT2D eigenvalue weighted by Gasteiger charge is -2.27. The van der Waals surface area contributed by atoms with Crippen LogP contribution >= 0.6 is 22.6 Å². The number of ether oxygens (including phenoxy) is 1. The van der Waals surface area contributed by atoms with Crippen LogP contribution in [0.5, 0.6) is 0 Å². The molecule has 0 amide bonds. The van der Waals surface area contributed by atoms with E-state index in [4.69, 9.17) is 4.74 Å². The maximum absolute atomic E-state index is 5.45. The number of hydrogen-bond acceptors (Lipinski definition) is 1. The van der Waals surface area contributed by atoms with Gasteiger partial charge < -0.3 is 4.74 Å². The highest BCUT2D eigenvalue weighted by atomic mass is 127. The molecule has 1 heterocycles. The second-order valence-corrected chi connectivity index (χ2v) is 4.69. The van der Waals surface area contributed by atoms with Crippen LogP contribution in [0.2, 0.25) is 0 Å². The molecule has 0 spiro atoms. The molecular weight excluding hydrogens is 215 g/mol. The Kier molecular flexibility index (Phi) is 2.14. The molecule has 1 atom stereocenters. The molecule has 0 bridgehead atoms. The van der Waals surface area contributed by atoms with Gasteiger partial charge in [-0.15, -0.1) is 0 Å². The van der Waals surface area contributed by atoms with Gasteiger partial charge >= 0.3 is 0 Å². The fourth-order valence-electron chi connectivity index (χ4n) is 0.900. The van der Waals surface area contributed by atoms with Crippen LogP contribution in [-0.4, -0.2) is 10.2 Å². The first-order chi connectivity index (χ1) is 3.71. The Labute approximate surface area is 63.9 Å². The Morgan fingerprint density at radius 3 is 2.50 bits per heavy atom. The molecule has 1 nitrogen and oxygen atoms in total. The van der Waals surface area contributed by atoms with E-state index < -0.39 is 0 Å². The van der Waals surface area contributed by atoms with E-state index in [2.05, 4.69) is 29.5 Å². The number of hydrogen-bond donors (Lipinski definition) is 0. The summed E-state index contributed by atoms with van der Waals surface area (Å²) in [6, 6.07) is 0. The number of alkyl halides is 1. The maximum atomic E-state index is 5.45. The molecule has 0 radical (unpaired) electrons. The predicted molar refractivity (Wildman–Crippen MR) is 42.2 cm³/mol. The van der Waals surface area contributed by atoms with Crippen molar-refractivity contribution in [3.8, 4) is 0 Å². The maximum Gasteiger partial charge on any atom is 0.116 e. The minimum Gasteiger partial charge on any atom is -0.365 e. The van der Waals surface area contributed by atoms with Gasteiger partial charge in [0.25, 0.3) is 0 Å². The van der Waals surface area contributed by atoms with Gasteiger partial charge in [-0.3, -0.25) is 0 Å². The predicted octanol–water partition coefficient (Wildman–Crippen LogP) is 2.34. The summed E-state index contributed by atoms with van der Waals surface area (Å²) in [7, 11) is 0. The minimum atomic E-state index is 0.149. The van der Waals surface area contributed by atoms with Crippen molar-refractivity contribution in [3.63, 3.8) is 0 Å². The minimum absolute atomic E-state index is 0.149. The van der Waals surface area contributed by atoms with Crippen molar-refractivity contribution in [2.75, 3.05) is 6.61 Å². The van der Waals surface area contributed by atoms with E-state index in [1.807, 2.05) is 0 Å². The lowest BCUT2D eigenvalue weighted by atomic mass is 10.1. The van der Waals surface area contributed by atoms with Crippen molar-refractivity contribution in [2.24, 2.45) is 0 Å². The van der Waals surface area contributed by atoms with Gasteiger partial charge in [-0.2, -0.15) is 0 Å². The van der Waals surface area contributed by atoms with Crippen LogP contribution in [0.1, 0.15) is 26.2 Å². The lowest BCUT2D eigenvalue weighted by Crippen LogP contribution is -2.24. The molecule has 0 aromatic carbocycles. The van der Waals surface area contributed by atoms with Crippen molar-refractivity contribution in [1.29, 1.82) is 0 Å². The van der Waals surface area contributed by atoms with Gasteiger partial charge in [0.15, 0.2) is 0 Å². The third-order valence-corrected chi connectivity index (χ3v) is 2.27. The van der Waals surface area contributed by atoms with E-state index in [1.54, 1.807) is 0 Å². The first kappa shape index (κ1) is 6.81. The molecule has 0 unspecified atom stereocenters. The Balaban J connectivity index is 2.33. The summed E-state index contributed by atoms with van der Waals surface area (Å²) in [6.45, 7) is 3.10. The second-order valence-electron chi connectivity index (χ2n) is 2.41. The van der Waals surface area contributed by atoms with Gasteiger partial charge in [0, 0.05) is 6.61 Å². The topological polar surface area (TPSA) is 9.23 Å². The van der Waals surface area contributed by atoms with Crippen LogP contribution in [-0.2, 0) is 4.74 Å². The molecule has 2 heteroatoms. The second kappa shape index (κ2) is 2.52. The molecule has 0 N–H and O–H groups in total. The van der Waals surface area contributed by atoms with Crippen LogP contribution in [0.15, 0.2) is 0 Å². The summed E-state index contributed by atoms with van der Waals surface area (Å²) in [5, 5.41) is 0. The van der Waals surface area contributed by atoms with Crippen molar-refractivity contribution >= 4 is 22.6 Å². The van der Waals surface area contributed by atoms with Gasteiger partial charge in [0.2, 0.25) is 0 Å². The quantitative estimate of drug-likeness (QED) is 0.455. The van der Waals surface area contributed by atoms with Gasteiger partial charge in [-0.25, -0.2) is 0 Å². The molecule has 0 aliphatic carbocycles. The molecule has 48 valence electrons. The summed E-state index contributed by atoms with van der Waals surface area (Å²) in [5.41, 5.74) is 0. The molecule has 1 fully saturated rings. The van der Waals surface area contributed by atoms with Gasteiger partial charge in [0.1, 0.15) is 3.61 Å². The van der Waals surface area contributed by atoms with Crippen LogP contribution in [0.4, 0.5) is 0 Å². The Morgan fingerprint density at radius 2 is 2.25 bits per heavy atom. The van der Waals surface area contributed by atoms with Crippen LogP contribution in [0.3, 0.4) is 0 Å². The molecule has 0 aromatic rings. The van der Waals surface area contributed by atoms with Crippen LogP contribution < -0.4 is 0 Å². The van der Waals surface area contributed by atoms with E-state index in [9.17, 15) is 0 Å². The van der Waals surface area contributed by atoms with Gasteiger partial charge in [-0.05, 0) is 48.8 Å². The monoisotopic (exact) mass is 226 g/mol. The third kappa shape index (κ3) is 1.90. The van der Waals surface area contributed by atoms with E-state index in [-0.39, 0.29) is 3.61 Å². The van der Waals surface area contributed by atoms with Crippen molar-refractivity contribution in [1.82, 2.24) is 0 Å². The average Bonchev–Trinajstić information content (AvgIpc) is 1.65. The SMILES string of the molecule is C[C@]1(I)CCCCO1. The summed E-state index contributed by atoms with van der Waals surface area (Å²) in [6.07, 6.45) is 3.80.